The molecule has 1 heterocycles. The summed E-state index contributed by atoms with van der Waals surface area (Å²) in [7, 11) is 0. The summed E-state index contributed by atoms with van der Waals surface area (Å²) in [6.45, 7) is 11.4. The average Bonchev–Trinajstić information content (AvgIpc) is 2.80. The van der Waals surface area contributed by atoms with Gasteiger partial charge in [0.1, 0.15) is 29.8 Å². The summed E-state index contributed by atoms with van der Waals surface area (Å²) in [6.07, 6.45) is 2.42. The fraction of sp³-hybridized carbons (Fsp3) is 0.538. The van der Waals surface area contributed by atoms with Crippen molar-refractivity contribution in [1.29, 1.82) is 0 Å². The first-order chi connectivity index (χ1) is 14.5. The van der Waals surface area contributed by atoms with E-state index in [1.165, 1.54) is 11.1 Å². The van der Waals surface area contributed by atoms with Gasteiger partial charge in [0.15, 0.2) is 0 Å². The van der Waals surface area contributed by atoms with Gasteiger partial charge in [-0.05, 0) is 44.0 Å². The van der Waals surface area contributed by atoms with Crippen LogP contribution in [-0.2, 0) is 0 Å². The molecular formula is C26H37NO3. The summed E-state index contributed by atoms with van der Waals surface area (Å²) in [5, 5.41) is 10.3. The monoisotopic (exact) mass is 411 g/mol. The lowest BCUT2D eigenvalue weighted by Crippen LogP contribution is -2.40. The molecule has 4 nitrogen and oxygen atoms in total. The Hall–Kier alpha value is -2.04. The van der Waals surface area contributed by atoms with E-state index in [9.17, 15) is 5.11 Å². The maximum Gasteiger partial charge on any atom is 0.127 e. The molecule has 30 heavy (non-hydrogen) atoms. The molecule has 0 radical (unpaired) electrons. The minimum absolute atomic E-state index is 0.158. The second kappa shape index (κ2) is 10.3. The summed E-state index contributed by atoms with van der Waals surface area (Å²) in [4.78, 5) is 2.20. The van der Waals surface area contributed by atoms with E-state index in [-0.39, 0.29) is 12.2 Å². The lowest BCUT2D eigenvalue weighted by Gasteiger charge is -2.42. The van der Waals surface area contributed by atoms with Crippen LogP contribution in [0.3, 0.4) is 0 Å². The highest BCUT2D eigenvalue weighted by molar-refractivity contribution is 5.48. The maximum atomic E-state index is 10.3. The van der Waals surface area contributed by atoms with Crippen LogP contribution in [-0.4, -0.2) is 48.0 Å². The van der Waals surface area contributed by atoms with Crippen LogP contribution >= 0.6 is 0 Å². The Morgan fingerprint density at radius 2 is 1.77 bits per heavy atom. The smallest absolute Gasteiger partial charge is 0.127 e. The van der Waals surface area contributed by atoms with Gasteiger partial charge in [-0.1, -0.05) is 64.1 Å². The molecule has 2 unspecified atom stereocenters. The largest absolute Gasteiger partial charge is 0.491 e. The zero-order chi connectivity index (χ0) is 21.6. The summed E-state index contributed by atoms with van der Waals surface area (Å²) in [5.41, 5.74) is 2.39. The number of benzene rings is 2. The van der Waals surface area contributed by atoms with Crippen molar-refractivity contribution in [3.8, 4) is 11.5 Å². The topological polar surface area (TPSA) is 41.9 Å². The van der Waals surface area contributed by atoms with E-state index in [4.69, 9.17) is 9.47 Å². The Bertz CT molecular complexity index is 784. The van der Waals surface area contributed by atoms with Crippen molar-refractivity contribution in [2.45, 2.75) is 64.6 Å². The van der Waals surface area contributed by atoms with Crippen molar-refractivity contribution in [1.82, 2.24) is 4.90 Å². The van der Waals surface area contributed by atoms with Gasteiger partial charge in [0.05, 0.1) is 0 Å². The summed E-state index contributed by atoms with van der Waals surface area (Å²) < 4.78 is 12.5. The molecule has 2 atom stereocenters. The van der Waals surface area contributed by atoms with E-state index in [1.807, 2.05) is 12.1 Å². The highest BCUT2D eigenvalue weighted by atomic mass is 16.5. The van der Waals surface area contributed by atoms with Gasteiger partial charge in [0, 0.05) is 24.1 Å². The molecule has 0 aromatic heterocycles. The molecule has 2 aromatic rings. The van der Waals surface area contributed by atoms with Gasteiger partial charge in [-0.2, -0.15) is 0 Å². The molecule has 1 N–H and O–H groups in total. The standard InChI is InChI=1S/C26H37NO3/c1-5-26(6-2)17-24(20-12-10-9-11-13-20)23-15-14-22(16-25(23)30-26)29-19-21(28)18-27(7-3)8-4/h9-16,21,24,28H,5-8,17-19H2,1-4H3. The molecule has 0 aliphatic carbocycles. The second-order valence-corrected chi connectivity index (χ2v) is 8.31. The quantitative estimate of drug-likeness (QED) is 0.580. The van der Waals surface area contributed by atoms with Crippen molar-refractivity contribution in [3.05, 3.63) is 59.7 Å². The molecule has 3 rings (SSSR count). The van der Waals surface area contributed by atoms with Gasteiger partial charge in [-0.3, -0.25) is 0 Å². The zero-order valence-electron chi connectivity index (χ0n) is 18.9. The number of aliphatic hydroxyl groups is 1. The maximum absolute atomic E-state index is 10.3. The van der Waals surface area contributed by atoms with Crippen LogP contribution in [0.4, 0.5) is 0 Å². The number of rotatable bonds is 10. The van der Waals surface area contributed by atoms with Gasteiger partial charge >= 0.3 is 0 Å². The predicted molar refractivity (Wildman–Crippen MR) is 123 cm³/mol. The van der Waals surface area contributed by atoms with Crippen LogP contribution in [0, 0.1) is 0 Å². The van der Waals surface area contributed by atoms with E-state index in [2.05, 4.69) is 69.0 Å². The third-order valence-corrected chi connectivity index (χ3v) is 6.56. The van der Waals surface area contributed by atoms with Gasteiger partial charge in [0.25, 0.3) is 0 Å². The number of fused-ring (bicyclic) bond motifs is 1. The highest BCUT2D eigenvalue weighted by Gasteiger charge is 2.39. The molecule has 0 amide bonds. The Morgan fingerprint density at radius 3 is 2.40 bits per heavy atom. The van der Waals surface area contributed by atoms with Crippen molar-refractivity contribution >= 4 is 0 Å². The molecule has 164 valence electrons. The number of nitrogens with zero attached hydrogens (tertiary/aromatic N) is 1. The first-order valence-electron chi connectivity index (χ1n) is 11.4. The van der Waals surface area contributed by atoms with Crippen LogP contribution in [0.15, 0.2) is 48.5 Å². The number of aliphatic hydroxyl groups excluding tert-OH is 1. The van der Waals surface area contributed by atoms with Gasteiger partial charge in [0.2, 0.25) is 0 Å². The summed E-state index contributed by atoms with van der Waals surface area (Å²) >= 11 is 0. The third-order valence-electron chi connectivity index (χ3n) is 6.56. The normalized spacial score (nSPS) is 18.5. The lowest BCUT2D eigenvalue weighted by atomic mass is 9.76. The lowest BCUT2D eigenvalue weighted by molar-refractivity contribution is 0.0313. The Labute approximate surface area is 181 Å². The van der Waals surface area contributed by atoms with Gasteiger partial charge < -0.3 is 19.5 Å². The average molecular weight is 412 g/mol. The van der Waals surface area contributed by atoms with Crippen molar-refractivity contribution < 1.29 is 14.6 Å². The first-order valence-corrected chi connectivity index (χ1v) is 11.4. The number of likely N-dealkylation sites (N-methyl/N-ethyl adjacent to an activating group) is 1. The zero-order valence-corrected chi connectivity index (χ0v) is 18.9. The number of hydrogen-bond donors (Lipinski definition) is 1. The molecule has 1 aliphatic heterocycles. The first kappa shape index (κ1) is 22.6. The molecule has 0 spiro atoms. The Kier molecular flexibility index (Phi) is 7.79. The molecule has 4 heteroatoms. The summed E-state index contributed by atoms with van der Waals surface area (Å²) in [6, 6.07) is 16.9. The number of hydrogen-bond acceptors (Lipinski definition) is 4. The fourth-order valence-electron chi connectivity index (χ4n) is 4.43. The third kappa shape index (κ3) is 5.16. The van der Waals surface area contributed by atoms with Crippen LogP contribution in [0.25, 0.3) is 0 Å². The van der Waals surface area contributed by atoms with E-state index in [0.717, 1.165) is 43.9 Å². The van der Waals surface area contributed by atoms with Crippen LogP contribution in [0.5, 0.6) is 11.5 Å². The Balaban J connectivity index is 1.80. The number of ether oxygens (including phenoxy) is 2. The minimum atomic E-state index is -0.510. The summed E-state index contributed by atoms with van der Waals surface area (Å²) in [5.74, 6) is 1.98. The molecule has 0 fully saturated rings. The molecule has 2 aromatic carbocycles. The van der Waals surface area contributed by atoms with Crippen LogP contribution in [0.2, 0.25) is 0 Å². The van der Waals surface area contributed by atoms with Crippen LogP contribution < -0.4 is 9.47 Å². The second-order valence-electron chi connectivity index (χ2n) is 8.31. The predicted octanol–water partition coefficient (Wildman–Crippen LogP) is 5.24. The van der Waals surface area contributed by atoms with Gasteiger partial charge in [-0.15, -0.1) is 0 Å². The van der Waals surface area contributed by atoms with E-state index in [1.54, 1.807) is 0 Å². The highest BCUT2D eigenvalue weighted by Crippen LogP contribution is 2.47. The minimum Gasteiger partial charge on any atom is -0.491 e. The van der Waals surface area contributed by atoms with Crippen LogP contribution in [0.1, 0.15) is 64.0 Å². The molecule has 0 saturated heterocycles. The van der Waals surface area contributed by atoms with E-state index in [0.29, 0.717) is 12.5 Å². The van der Waals surface area contributed by atoms with Crippen molar-refractivity contribution in [2.24, 2.45) is 0 Å². The molecule has 0 bridgehead atoms. The Morgan fingerprint density at radius 1 is 1.07 bits per heavy atom. The van der Waals surface area contributed by atoms with Crippen molar-refractivity contribution in [3.63, 3.8) is 0 Å². The van der Waals surface area contributed by atoms with Gasteiger partial charge in [-0.25, -0.2) is 0 Å². The molecule has 0 saturated carbocycles. The fourth-order valence-corrected chi connectivity index (χ4v) is 4.43. The van der Waals surface area contributed by atoms with E-state index < -0.39 is 6.10 Å². The molecule has 1 aliphatic rings. The van der Waals surface area contributed by atoms with E-state index >= 15 is 0 Å². The van der Waals surface area contributed by atoms with Crippen molar-refractivity contribution in [2.75, 3.05) is 26.2 Å². The molecular weight excluding hydrogens is 374 g/mol. The SMILES string of the molecule is CCN(CC)CC(O)COc1ccc2c(c1)OC(CC)(CC)CC2c1ccccc1.